The third-order valence-electron chi connectivity index (χ3n) is 4.70. The van der Waals surface area contributed by atoms with Crippen LogP contribution < -0.4 is 15.4 Å². The number of urea groups is 1. The van der Waals surface area contributed by atoms with Crippen LogP contribution in [0.4, 0.5) is 4.79 Å². The highest BCUT2D eigenvalue weighted by molar-refractivity contribution is 6.02. The minimum absolute atomic E-state index is 0.0129. The predicted octanol–water partition coefficient (Wildman–Crippen LogP) is 2.63. The lowest BCUT2D eigenvalue weighted by atomic mass is 10.0. The molecule has 4 amide bonds. The van der Waals surface area contributed by atoms with Gasteiger partial charge in [-0.05, 0) is 41.8 Å². The molecule has 1 aliphatic heterocycles. The topological polar surface area (TPSA) is 87.7 Å². The number of benzene rings is 2. The molecule has 1 heterocycles. The van der Waals surface area contributed by atoms with Gasteiger partial charge in [0, 0.05) is 5.56 Å². The number of carbonyl (C=O) groups excluding carboxylic acids is 3. The van der Waals surface area contributed by atoms with Gasteiger partial charge in [-0.15, -0.1) is 0 Å². The Bertz CT molecular complexity index is 863. The maximum atomic E-state index is 12.7. The molecule has 28 heavy (non-hydrogen) atoms. The second-order valence-corrected chi connectivity index (χ2v) is 6.55. The molecule has 2 aromatic carbocycles. The highest BCUT2D eigenvalue weighted by Crippen LogP contribution is 2.21. The van der Waals surface area contributed by atoms with Gasteiger partial charge in [0.15, 0.2) is 0 Å². The van der Waals surface area contributed by atoms with Gasteiger partial charge in [-0.3, -0.25) is 14.5 Å². The summed E-state index contributed by atoms with van der Waals surface area (Å²) in [6, 6.07) is 14.0. The fourth-order valence-electron chi connectivity index (χ4n) is 3.11. The van der Waals surface area contributed by atoms with Crippen LogP contribution in [0.3, 0.4) is 0 Å². The van der Waals surface area contributed by atoms with E-state index in [1.165, 1.54) is 0 Å². The summed E-state index contributed by atoms with van der Waals surface area (Å²) in [5.41, 5.74) is 2.19. The molecule has 146 valence electrons. The number of hydrogen-bond donors (Lipinski definition) is 2. The molecule has 0 unspecified atom stereocenters. The number of methoxy groups -OCH3 is 1. The standard InChI is InChI=1S/C21H23N3O4/c1-3-18(15-7-9-17(28-2)10-8-15)23-20(26)16-6-4-5-14(11-16)13-24-19(25)12-22-21(24)27/h4-11,18H,3,12-13H2,1-2H3,(H,22,27)(H,23,26)/t18-/m0/s1. The smallest absolute Gasteiger partial charge is 0.324 e. The molecule has 0 radical (unpaired) electrons. The van der Waals surface area contributed by atoms with E-state index < -0.39 is 6.03 Å². The number of ether oxygens (including phenoxy) is 1. The van der Waals surface area contributed by atoms with Gasteiger partial charge in [0.25, 0.3) is 5.91 Å². The number of hydrogen-bond acceptors (Lipinski definition) is 4. The Balaban J connectivity index is 1.70. The highest BCUT2D eigenvalue weighted by Gasteiger charge is 2.28. The molecule has 1 aliphatic rings. The van der Waals surface area contributed by atoms with Gasteiger partial charge in [-0.1, -0.05) is 31.2 Å². The van der Waals surface area contributed by atoms with E-state index in [0.717, 1.165) is 28.2 Å². The minimum Gasteiger partial charge on any atom is -0.497 e. The lowest BCUT2D eigenvalue weighted by Crippen LogP contribution is -2.31. The van der Waals surface area contributed by atoms with Gasteiger partial charge in [0.2, 0.25) is 5.91 Å². The van der Waals surface area contributed by atoms with Gasteiger partial charge in [0.05, 0.1) is 26.2 Å². The maximum absolute atomic E-state index is 12.7. The number of amides is 4. The zero-order valence-corrected chi connectivity index (χ0v) is 15.9. The van der Waals surface area contributed by atoms with Crippen LogP contribution in [0.2, 0.25) is 0 Å². The van der Waals surface area contributed by atoms with Crippen molar-refractivity contribution >= 4 is 17.8 Å². The Kier molecular flexibility index (Phi) is 5.93. The van der Waals surface area contributed by atoms with Gasteiger partial charge in [-0.2, -0.15) is 0 Å². The first-order chi connectivity index (χ1) is 13.5. The molecule has 1 atom stereocenters. The summed E-state index contributed by atoms with van der Waals surface area (Å²) in [5, 5.41) is 5.52. The van der Waals surface area contributed by atoms with Gasteiger partial charge in [-0.25, -0.2) is 4.79 Å². The third kappa shape index (κ3) is 4.31. The molecule has 0 aromatic heterocycles. The molecule has 7 heteroatoms. The number of nitrogens with zero attached hydrogens (tertiary/aromatic N) is 1. The number of carbonyl (C=O) groups is 3. The van der Waals surface area contributed by atoms with E-state index >= 15 is 0 Å². The zero-order chi connectivity index (χ0) is 20.1. The first kappa shape index (κ1) is 19.4. The molecule has 1 fully saturated rings. The molecule has 7 nitrogen and oxygen atoms in total. The van der Waals surface area contributed by atoms with Crippen molar-refractivity contribution in [2.24, 2.45) is 0 Å². The lowest BCUT2D eigenvalue weighted by Gasteiger charge is -2.18. The van der Waals surface area contributed by atoms with Crippen molar-refractivity contribution < 1.29 is 19.1 Å². The summed E-state index contributed by atoms with van der Waals surface area (Å²) in [7, 11) is 1.61. The fraction of sp³-hybridized carbons (Fsp3) is 0.286. The number of imide groups is 1. The Morgan fingerprint density at radius 3 is 2.57 bits per heavy atom. The van der Waals surface area contributed by atoms with Crippen molar-refractivity contribution in [2.75, 3.05) is 13.7 Å². The van der Waals surface area contributed by atoms with E-state index in [0.29, 0.717) is 5.56 Å². The monoisotopic (exact) mass is 381 g/mol. The quantitative estimate of drug-likeness (QED) is 0.722. The van der Waals surface area contributed by atoms with Crippen molar-refractivity contribution in [3.05, 3.63) is 65.2 Å². The summed E-state index contributed by atoms with van der Waals surface area (Å²) in [5.74, 6) is 0.283. The zero-order valence-electron chi connectivity index (χ0n) is 15.9. The molecule has 0 aliphatic carbocycles. The van der Waals surface area contributed by atoms with E-state index in [-0.39, 0.29) is 30.9 Å². The minimum atomic E-state index is -0.412. The summed E-state index contributed by atoms with van der Waals surface area (Å²) >= 11 is 0. The van der Waals surface area contributed by atoms with E-state index in [9.17, 15) is 14.4 Å². The third-order valence-corrected chi connectivity index (χ3v) is 4.70. The van der Waals surface area contributed by atoms with Crippen molar-refractivity contribution in [1.82, 2.24) is 15.5 Å². The number of rotatable bonds is 7. The van der Waals surface area contributed by atoms with Crippen molar-refractivity contribution in [2.45, 2.75) is 25.9 Å². The lowest BCUT2D eigenvalue weighted by molar-refractivity contribution is -0.125. The molecule has 2 aromatic rings. The largest absolute Gasteiger partial charge is 0.497 e. The molecular formula is C21H23N3O4. The summed E-state index contributed by atoms with van der Waals surface area (Å²) in [4.78, 5) is 37.3. The van der Waals surface area contributed by atoms with Crippen LogP contribution in [0.5, 0.6) is 5.75 Å². The Labute approximate surface area is 163 Å². The molecule has 2 N–H and O–H groups in total. The van der Waals surface area contributed by atoms with E-state index in [4.69, 9.17) is 4.74 Å². The molecule has 0 bridgehead atoms. The van der Waals surface area contributed by atoms with Crippen LogP contribution in [-0.4, -0.2) is 36.4 Å². The first-order valence-corrected chi connectivity index (χ1v) is 9.13. The molecule has 1 saturated heterocycles. The van der Waals surface area contributed by atoms with Crippen molar-refractivity contribution in [3.63, 3.8) is 0 Å². The van der Waals surface area contributed by atoms with Crippen LogP contribution in [0.15, 0.2) is 48.5 Å². The van der Waals surface area contributed by atoms with E-state index in [1.807, 2.05) is 31.2 Å². The fourth-order valence-corrected chi connectivity index (χ4v) is 3.11. The Morgan fingerprint density at radius 2 is 1.96 bits per heavy atom. The van der Waals surface area contributed by atoms with Crippen LogP contribution in [0.25, 0.3) is 0 Å². The maximum Gasteiger partial charge on any atom is 0.324 e. The van der Waals surface area contributed by atoms with Gasteiger partial charge >= 0.3 is 6.03 Å². The second-order valence-electron chi connectivity index (χ2n) is 6.55. The summed E-state index contributed by atoms with van der Waals surface area (Å²) < 4.78 is 5.17. The van der Waals surface area contributed by atoms with Crippen LogP contribution >= 0.6 is 0 Å². The van der Waals surface area contributed by atoms with Crippen LogP contribution in [-0.2, 0) is 11.3 Å². The van der Waals surface area contributed by atoms with E-state index in [1.54, 1.807) is 31.4 Å². The summed E-state index contributed by atoms with van der Waals surface area (Å²) in [6.45, 7) is 2.16. The Hall–Kier alpha value is -3.35. The normalized spacial score (nSPS) is 14.6. The summed E-state index contributed by atoms with van der Waals surface area (Å²) in [6.07, 6.45) is 0.736. The predicted molar refractivity (Wildman–Crippen MR) is 104 cm³/mol. The average Bonchev–Trinajstić information content (AvgIpc) is 3.04. The number of nitrogens with one attached hydrogen (secondary N) is 2. The second kappa shape index (κ2) is 8.56. The van der Waals surface area contributed by atoms with Crippen LogP contribution in [0, 0.1) is 0 Å². The SMILES string of the molecule is CC[C@H](NC(=O)c1cccc(CN2C(=O)CNC2=O)c1)c1ccc(OC)cc1. The molecular weight excluding hydrogens is 358 g/mol. The van der Waals surface area contributed by atoms with Crippen molar-refractivity contribution in [3.8, 4) is 5.75 Å². The Morgan fingerprint density at radius 1 is 1.21 bits per heavy atom. The van der Waals surface area contributed by atoms with Gasteiger partial charge < -0.3 is 15.4 Å². The molecule has 3 rings (SSSR count). The van der Waals surface area contributed by atoms with Crippen molar-refractivity contribution in [1.29, 1.82) is 0 Å². The van der Waals surface area contributed by atoms with Gasteiger partial charge in [0.1, 0.15) is 5.75 Å². The first-order valence-electron chi connectivity index (χ1n) is 9.13. The molecule has 0 spiro atoms. The highest BCUT2D eigenvalue weighted by atomic mass is 16.5. The molecule has 0 saturated carbocycles. The van der Waals surface area contributed by atoms with E-state index in [2.05, 4.69) is 10.6 Å². The van der Waals surface area contributed by atoms with Crippen LogP contribution in [0.1, 0.15) is 40.9 Å². The average molecular weight is 381 g/mol.